The summed E-state index contributed by atoms with van der Waals surface area (Å²) < 4.78 is 28.9. The second kappa shape index (κ2) is 5.77. The third kappa shape index (κ3) is 3.27. The number of nitro groups is 1. The van der Waals surface area contributed by atoms with Crippen molar-refractivity contribution in [2.75, 3.05) is 5.43 Å². The predicted octanol–water partition coefficient (Wildman–Crippen LogP) is 1.65. The number of nitrogens with zero attached hydrogens (tertiary/aromatic N) is 1. The minimum Gasteiger partial charge on any atom is -0.379 e. The highest BCUT2D eigenvalue weighted by Crippen LogP contribution is 2.29. The Morgan fingerprint density at radius 3 is 2.38 bits per heavy atom. The first-order valence-corrected chi connectivity index (χ1v) is 7.09. The van der Waals surface area contributed by atoms with Gasteiger partial charge in [-0.25, -0.2) is 0 Å². The van der Waals surface area contributed by atoms with E-state index in [1.807, 2.05) is 0 Å². The van der Waals surface area contributed by atoms with Crippen LogP contribution in [0.2, 0.25) is 0 Å². The second-order valence-electron chi connectivity index (χ2n) is 3.93. The Morgan fingerprint density at radius 1 is 1.14 bits per heavy atom. The van der Waals surface area contributed by atoms with Crippen molar-refractivity contribution in [3.8, 4) is 5.75 Å². The summed E-state index contributed by atoms with van der Waals surface area (Å²) >= 11 is 0. The molecule has 2 aromatic carbocycles. The van der Waals surface area contributed by atoms with Gasteiger partial charge < -0.3 is 9.61 Å². The van der Waals surface area contributed by atoms with Crippen LogP contribution in [0.15, 0.2) is 53.4 Å². The van der Waals surface area contributed by atoms with Gasteiger partial charge in [-0.2, -0.15) is 8.42 Å². The standard InChI is InChI=1S/C12H11N3O5S/c13-14-11-8-9(6-7-12(11)15(16)17)20-21(18,19)10-4-2-1-3-5-10/h1-8,14H,13H2. The van der Waals surface area contributed by atoms with Gasteiger partial charge in [-0.15, -0.1) is 0 Å². The molecule has 9 heteroatoms. The first kappa shape index (κ1) is 14.8. The molecule has 2 rings (SSSR count). The Balaban J connectivity index is 2.34. The summed E-state index contributed by atoms with van der Waals surface area (Å²) in [6, 6.07) is 11.0. The molecule has 3 N–H and O–H groups in total. The first-order valence-electron chi connectivity index (χ1n) is 5.68. The largest absolute Gasteiger partial charge is 0.379 e. The van der Waals surface area contributed by atoms with Crippen LogP contribution < -0.4 is 15.5 Å². The average Bonchev–Trinajstić information content (AvgIpc) is 2.47. The SMILES string of the molecule is NNc1cc(OS(=O)(=O)c2ccccc2)ccc1[N+](=O)[O-]. The van der Waals surface area contributed by atoms with Crippen molar-refractivity contribution in [1.82, 2.24) is 0 Å². The molecule has 0 bridgehead atoms. The van der Waals surface area contributed by atoms with E-state index in [1.165, 1.54) is 18.2 Å². The van der Waals surface area contributed by atoms with Gasteiger partial charge in [-0.05, 0) is 18.2 Å². The number of hydrogen-bond donors (Lipinski definition) is 2. The fraction of sp³-hybridized carbons (Fsp3) is 0. The van der Waals surface area contributed by atoms with Crippen molar-refractivity contribution in [2.24, 2.45) is 5.84 Å². The summed E-state index contributed by atoms with van der Waals surface area (Å²) in [4.78, 5) is 10.1. The second-order valence-corrected chi connectivity index (χ2v) is 5.48. The number of anilines is 1. The van der Waals surface area contributed by atoms with Crippen molar-refractivity contribution < 1.29 is 17.5 Å². The van der Waals surface area contributed by atoms with E-state index in [0.717, 1.165) is 12.1 Å². The van der Waals surface area contributed by atoms with Crippen LogP contribution in [0.1, 0.15) is 0 Å². The Labute approximate surface area is 120 Å². The van der Waals surface area contributed by atoms with Crippen molar-refractivity contribution in [3.05, 3.63) is 58.6 Å². The van der Waals surface area contributed by atoms with Gasteiger partial charge in [0.1, 0.15) is 16.3 Å². The smallest absolute Gasteiger partial charge is 0.339 e. The molecule has 0 aromatic heterocycles. The minimum absolute atomic E-state index is 0.0226. The van der Waals surface area contributed by atoms with E-state index in [4.69, 9.17) is 10.0 Å². The van der Waals surface area contributed by atoms with Crippen LogP contribution in [0.25, 0.3) is 0 Å². The minimum atomic E-state index is -4.01. The van der Waals surface area contributed by atoms with E-state index in [2.05, 4.69) is 5.43 Å². The lowest BCUT2D eigenvalue weighted by Crippen LogP contribution is -2.12. The molecular formula is C12H11N3O5S. The third-order valence-corrected chi connectivity index (χ3v) is 3.82. The number of rotatable bonds is 5. The van der Waals surface area contributed by atoms with Crippen LogP contribution in [0.3, 0.4) is 0 Å². The maximum Gasteiger partial charge on any atom is 0.339 e. The topological polar surface area (TPSA) is 125 Å². The van der Waals surface area contributed by atoms with Crippen LogP contribution >= 0.6 is 0 Å². The first-order chi connectivity index (χ1) is 9.94. The van der Waals surface area contributed by atoms with Gasteiger partial charge in [0.25, 0.3) is 5.69 Å². The normalized spacial score (nSPS) is 10.9. The molecule has 0 spiro atoms. The lowest BCUT2D eigenvalue weighted by molar-refractivity contribution is -0.384. The molecule has 110 valence electrons. The summed E-state index contributed by atoms with van der Waals surface area (Å²) in [5, 5.41) is 10.7. The lowest BCUT2D eigenvalue weighted by atomic mass is 10.2. The van der Waals surface area contributed by atoms with Crippen LogP contribution in [-0.4, -0.2) is 13.3 Å². The Morgan fingerprint density at radius 2 is 1.81 bits per heavy atom. The van der Waals surface area contributed by atoms with Gasteiger partial charge in [0.05, 0.1) is 4.92 Å². The zero-order valence-electron chi connectivity index (χ0n) is 10.6. The highest BCUT2D eigenvalue weighted by atomic mass is 32.2. The van der Waals surface area contributed by atoms with E-state index in [9.17, 15) is 18.5 Å². The van der Waals surface area contributed by atoms with Crippen LogP contribution in [0.4, 0.5) is 11.4 Å². The van der Waals surface area contributed by atoms with Crippen LogP contribution in [-0.2, 0) is 10.1 Å². The molecule has 0 aliphatic rings. The predicted molar refractivity (Wildman–Crippen MR) is 75.2 cm³/mol. The van der Waals surface area contributed by atoms with Gasteiger partial charge in [-0.1, -0.05) is 18.2 Å². The number of nitro benzene ring substituents is 1. The van der Waals surface area contributed by atoms with Crippen LogP contribution in [0.5, 0.6) is 5.75 Å². The zero-order valence-corrected chi connectivity index (χ0v) is 11.4. The fourth-order valence-electron chi connectivity index (χ4n) is 1.60. The van der Waals surface area contributed by atoms with Crippen molar-refractivity contribution >= 4 is 21.5 Å². The third-order valence-electron chi connectivity index (χ3n) is 2.56. The van der Waals surface area contributed by atoms with Crippen LogP contribution in [0, 0.1) is 10.1 Å². The number of nitrogen functional groups attached to an aromatic ring is 1. The molecule has 0 saturated carbocycles. The maximum absolute atomic E-state index is 12.0. The van der Waals surface area contributed by atoms with E-state index in [-0.39, 0.29) is 22.0 Å². The summed E-state index contributed by atoms with van der Waals surface area (Å²) in [5.41, 5.74) is 1.78. The fourth-order valence-corrected chi connectivity index (χ4v) is 2.55. The summed E-state index contributed by atoms with van der Waals surface area (Å²) in [5.74, 6) is 5.09. The molecule has 8 nitrogen and oxygen atoms in total. The molecule has 0 radical (unpaired) electrons. The number of nitrogens with two attached hydrogens (primary N) is 1. The molecule has 0 fully saturated rings. The Kier molecular flexibility index (Phi) is 4.05. The molecule has 0 atom stereocenters. The van der Waals surface area contributed by atoms with Crippen molar-refractivity contribution in [1.29, 1.82) is 0 Å². The average molecular weight is 309 g/mol. The van der Waals surface area contributed by atoms with Crippen molar-refractivity contribution in [3.63, 3.8) is 0 Å². The number of hydrogen-bond acceptors (Lipinski definition) is 7. The molecule has 0 aliphatic carbocycles. The van der Waals surface area contributed by atoms with E-state index in [1.54, 1.807) is 18.2 Å². The van der Waals surface area contributed by atoms with Gasteiger partial charge >= 0.3 is 10.1 Å². The molecule has 0 heterocycles. The quantitative estimate of drug-likeness (QED) is 0.372. The number of nitrogens with one attached hydrogen (secondary N) is 1. The molecule has 0 saturated heterocycles. The number of benzene rings is 2. The summed E-state index contributed by atoms with van der Waals surface area (Å²) in [6.45, 7) is 0. The Hall–Kier alpha value is -2.65. The summed E-state index contributed by atoms with van der Waals surface area (Å²) in [6.07, 6.45) is 0. The van der Waals surface area contributed by atoms with E-state index < -0.39 is 15.0 Å². The monoisotopic (exact) mass is 309 g/mol. The van der Waals surface area contributed by atoms with E-state index in [0.29, 0.717) is 0 Å². The summed E-state index contributed by atoms with van der Waals surface area (Å²) in [7, 11) is -4.01. The zero-order chi connectivity index (χ0) is 15.5. The van der Waals surface area contributed by atoms with Gasteiger partial charge in [0.15, 0.2) is 0 Å². The highest BCUT2D eigenvalue weighted by Gasteiger charge is 2.19. The highest BCUT2D eigenvalue weighted by molar-refractivity contribution is 7.87. The van der Waals surface area contributed by atoms with E-state index >= 15 is 0 Å². The molecule has 2 aromatic rings. The molecule has 21 heavy (non-hydrogen) atoms. The Bertz CT molecular complexity index is 762. The van der Waals surface area contributed by atoms with Gasteiger partial charge in [0, 0.05) is 12.1 Å². The molecule has 0 aliphatic heterocycles. The molecule has 0 amide bonds. The lowest BCUT2D eigenvalue weighted by Gasteiger charge is -2.08. The van der Waals surface area contributed by atoms with Gasteiger partial charge in [-0.3, -0.25) is 16.0 Å². The number of hydrazine groups is 1. The molecule has 0 unspecified atom stereocenters. The van der Waals surface area contributed by atoms with Crippen molar-refractivity contribution in [2.45, 2.75) is 4.90 Å². The van der Waals surface area contributed by atoms with Gasteiger partial charge in [0.2, 0.25) is 0 Å². The molecular weight excluding hydrogens is 298 g/mol. The maximum atomic E-state index is 12.0.